The van der Waals surface area contributed by atoms with E-state index in [9.17, 15) is 0 Å². The molecule has 108 valence electrons. The van der Waals surface area contributed by atoms with E-state index in [-0.39, 0.29) is 5.54 Å². The summed E-state index contributed by atoms with van der Waals surface area (Å²) in [7, 11) is 0. The lowest BCUT2D eigenvalue weighted by Crippen LogP contribution is -2.10. The highest BCUT2D eigenvalue weighted by molar-refractivity contribution is 5.65. The molecule has 0 unspecified atom stereocenters. The molecule has 2 atom stereocenters. The van der Waals surface area contributed by atoms with Gasteiger partial charge in [-0.2, -0.15) is 0 Å². The van der Waals surface area contributed by atoms with Gasteiger partial charge in [-0.05, 0) is 36.2 Å². The van der Waals surface area contributed by atoms with Crippen LogP contribution < -0.4 is 4.90 Å². The quantitative estimate of drug-likeness (QED) is 0.656. The number of para-hydroxylation sites is 1. The van der Waals surface area contributed by atoms with E-state index >= 15 is 0 Å². The average molecular weight is 286 g/mol. The van der Waals surface area contributed by atoms with Crippen LogP contribution in [0.5, 0.6) is 0 Å². The minimum absolute atomic E-state index is 0.0222. The minimum Gasteiger partial charge on any atom is -0.350 e. The Morgan fingerprint density at radius 3 is 2.18 bits per heavy atom. The number of aromatic nitrogens is 1. The summed E-state index contributed by atoms with van der Waals surface area (Å²) in [6, 6.07) is 25.8. The van der Waals surface area contributed by atoms with Gasteiger partial charge in [0.2, 0.25) is 0 Å². The Morgan fingerprint density at radius 2 is 1.55 bits per heavy atom. The first-order valence-electron chi connectivity index (χ1n) is 7.61. The summed E-state index contributed by atoms with van der Waals surface area (Å²) in [5.41, 5.74) is 3.83. The van der Waals surface area contributed by atoms with Gasteiger partial charge in [0.05, 0.1) is 11.6 Å². The molecule has 2 heteroatoms. The number of nitrogens with zero attached hydrogens (tertiary/aromatic N) is 2. The fourth-order valence-corrected chi connectivity index (χ4v) is 3.48. The van der Waals surface area contributed by atoms with E-state index in [1.54, 1.807) is 0 Å². The third-order valence-corrected chi connectivity index (χ3v) is 4.62. The van der Waals surface area contributed by atoms with Crippen molar-refractivity contribution in [2.45, 2.75) is 18.5 Å². The lowest BCUT2D eigenvalue weighted by molar-refractivity contribution is 0.745. The second kappa shape index (κ2) is 4.99. The van der Waals surface area contributed by atoms with E-state index in [1.165, 1.54) is 16.8 Å². The lowest BCUT2D eigenvalue weighted by Gasteiger charge is -2.13. The van der Waals surface area contributed by atoms with E-state index in [2.05, 4.69) is 83.5 Å². The van der Waals surface area contributed by atoms with Crippen LogP contribution >= 0.6 is 0 Å². The SMILES string of the molecule is C[C@]1(c2ccccc2)[C@H](c2cccnc2)N1c1ccccc1. The van der Waals surface area contributed by atoms with Crippen molar-refractivity contribution in [3.05, 3.63) is 96.3 Å². The Bertz CT molecular complexity index is 708. The van der Waals surface area contributed by atoms with Crippen LogP contribution in [0.4, 0.5) is 5.69 Å². The summed E-state index contributed by atoms with van der Waals surface area (Å²) in [6.45, 7) is 2.31. The first-order chi connectivity index (χ1) is 10.8. The van der Waals surface area contributed by atoms with E-state index in [4.69, 9.17) is 0 Å². The third kappa shape index (κ3) is 1.92. The number of anilines is 1. The van der Waals surface area contributed by atoms with E-state index in [0.717, 1.165) is 0 Å². The van der Waals surface area contributed by atoms with Gasteiger partial charge < -0.3 is 4.90 Å². The molecule has 0 N–H and O–H groups in total. The number of rotatable bonds is 3. The molecule has 1 fully saturated rings. The van der Waals surface area contributed by atoms with Crippen LogP contribution in [0.15, 0.2) is 85.2 Å². The first-order valence-corrected chi connectivity index (χ1v) is 7.61. The van der Waals surface area contributed by atoms with Crippen LogP contribution in [0.3, 0.4) is 0 Å². The molecule has 2 aromatic carbocycles. The van der Waals surface area contributed by atoms with Crippen LogP contribution in [0, 0.1) is 0 Å². The summed E-state index contributed by atoms with van der Waals surface area (Å²) in [6.07, 6.45) is 3.81. The molecule has 1 aliphatic heterocycles. The first kappa shape index (κ1) is 13.1. The highest BCUT2D eigenvalue weighted by Gasteiger charge is 2.60. The predicted octanol–water partition coefficient (Wildman–Crippen LogP) is 4.56. The zero-order valence-corrected chi connectivity index (χ0v) is 12.6. The molecule has 0 amide bonds. The number of benzene rings is 2. The molecule has 0 spiro atoms. The van der Waals surface area contributed by atoms with Gasteiger partial charge >= 0.3 is 0 Å². The summed E-state index contributed by atoms with van der Waals surface area (Å²) in [5.74, 6) is 0. The molecular formula is C20H18N2. The highest BCUT2D eigenvalue weighted by Crippen LogP contribution is 2.61. The maximum absolute atomic E-state index is 4.31. The highest BCUT2D eigenvalue weighted by atomic mass is 15.4. The van der Waals surface area contributed by atoms with Crippen molar-refractivity contribution in [3.63, 3.8) is 0 Å². The second-order valence-electron chi connectivity index (χ2n) is 5.91. The second-order valence-corrected chi connectivity index (χ2v) is 5.91. The summed E-state index contributed by atoms with van der Waals surface area (Å²) in [4.78, 5) is 6.78. The average Bonchev–Trinajstić information content (AvgIpc) is 3.24. The van der Waals surface area contributed by atoms with Crippen molar-refractivity contribution in [2.75, 3.05) is 4.90 Å². The molecule has 0 radical (unpaired) electrons. The van der Waals surface area contributed by atoms with Crippen LogP contribution in [0.1, 0.15) is 24.1 Å². The molecule has 1 aromatic heterocycles. The van der Waals surface area contributed by atoms with Crippen LogP contribution in [-0.2, 0) is 5.54 Å². The molecule has 22 heavy (non-hydrogen) atoms. The van der Waals surface area contributed by atoms with Gasteiger partial charge in [0.15, 0.2) is 0 Å². The zero-order valence-electron chi connectivity index (χ0n) is 12.6. The minimum atomic E-state index is -0.0222. The van der Waals surface area contributed by atoms with Crippen molar-refractivity contribution in [1.29, 1.82) is 0 Å². The van der Waals surface area contributed by atoms with Gasteiger partial charge in [0, 0.05) is 18.1 Å². The van der Waals surface area contributed by atoms with E-state index in [0.29, 0.717) is 6.04 Å². The van der Waals surface area contributed by atoms with Gasteiger partial charge in [-0.1, -0.05) is 54.6 Å². The fraction of sp³-hybridized carbons (Fsp3) is 0.150. The maximum atomic E-state index is 4.31. The Balaban J connectivity index is 1.82. The van der Waals surface area contributed by atoms with Crippen molar-refractivity contribution >= 4 is 5.69 Å². The van der Waals surface area contributed by atoms with Crippen LogP contribution in [0.25, 0.3) is 0 Å². The van der Waals surface area contributed by atoms with Gasteiger partial charge in [0.1, 0.15) is 0 Å². The Labute approximate surface area is 131 Å². The van der Waals surface area contributed by atoms with E-state index < -0.39 is 0 Å². The Kier molecular flexibility index (Phi) is 2.97. The van der Waals surface area contributed by atoms with E-state index in [1.807, 2.05) is 18.5 Å². The van der Waals surface area contributed by atoms with Crippen molar-refractivity contribution in [1.82, 2.24) is 4.98 Å². The maximum Gasteiger partial charge on any atom is 0.0878 e. The van der Waals surface area contributed by atoms with Gasteiger partial charge in [-0.15, -0.1) is 0 Å². The summed E-state index contributed by atoms with van der Waals surface area (Å²) in [5, 5.41) is 0. The van der Waals surface area contributed by atoms with Gasteiger partial charge in [0.25, 0.3) is 0 Å². The molecular weight excluding hydrogens is 268 g/mol. The molecule has 2 heterocycles. The lowest BCUT2D eigenvalue weighted by atomic mass is 9.94. The summed E-state index contributed by atoms with van der Waals surface area (Å²) >= 11 is 0. The standard InChI is InChI=1S/C20H18N2/c1-20(17-10-4-2-5-11-17)19(16-9-8-14-21-15-16)22(20)18-12-6-3-7-13-18/h2-15,19H,1H3/t19-,20-,22?/m0/s1. The number of hydrogen-bond acceptors (Lipinski definition) is 2. The van der Waals surface area contributed by atoms with Crippen molar-refractivity contribution in [3.8, 4) is 0 Å². The zero-order chi connectivity index (χ0) is 15.0. The van der Waals surface area contributed by atoms with Gasteiger partial charge in [-0.3, -0.25) is 4.98 Å². The molecule has 1 saturated heterocycles. The molecule has 0 aliphatic carbocycles. The molecule has 3 aromatic rings. The number of hydrogen-bond donors (Lipinski definition) is 0. The molecule has 0 bridgehead atoms. The topological polar surface area (TPSA) is 15.9 Å². The Morgan fingerprint density at radius 1 is 0.864 bits per heavy atom. The monoisotopic (exact) mass is 286 g/mol. The fourth-order valence-electron chi connectivity index (χ4n) is 3.48. The number of pyridine rings is 1. The molecule has 0 saturated carbocycles. The van der Waals surface area contributed by atoms with Crippen molar-refractivity contribution < 1.29 is 0 Å². The van der Waals surface area contributed by atoms with Crippen LogP contribution in [0.2, 0.25) is 0 Å². The smallest absolute Gasteiger partial charge is 0.0878 e. The normalized spacial score (nSPS) is 23.3. The molecule has 4 rings (SSSR count). The molecule has 1 aliphatic rings. The van der Waals surface area contributed by atoms with Crippen molar-refractivity contribution in [2.24, 2.45) is 0 Å². The third-order valence-electron chi connectivity index (χ3n) is 4.62. The Hall–Kier alpha value is -2.61. The van der Waals surface area contributed by atoms with Gasteiger partial charge in [-0.25, -0.2) is 0 Å². The largest absolute Gasteiger partial charge is 0.350 e. The molecule has 2 nitrogen and oxygen atoms in total. The van der Waals surface area contributed by atoms with Crippen LogP contribution in [-0.4, -0.2) is 4.98 Å². The summed E-state index contributed by atoms with van der Waals surface area (Å²) < 4.78 is 0. The predicted molar refractivity (Wildman–Crippen MR) is 89.7 cm³/mol.